The summed E-state index contributed by atoms with van der Waals surface area (Å²) < 4.78 is 41.1. The van der Waals surface area contributed by atoms with Crippen molar-refractivity contribution in [3.05, 3.63) is 46.9 Å². The van der Waals surface area contributed by atoms with Gasteiger partial charge < -0.3 is 15.1 Å². The van der Waals surface area contributed by atoms with Crippen LogP contribution in [0.15, 0.2) is 24.3 Å². The second-order valence-corrected chi connectivity index (χ2v) is 10.4. The van der Waals surface area contributed by atoms with Crippen LogP contribution in [0.2, 0.25) is 0 Å². The number of nitrogens with one attached hydrogen (secondary N) is 2. The first kappa shape index (κ1) is 22.9. The molecule has 0 unspecified atom stereocenters. The van der Waals surface area contributed by atoms with Crippen molar-refractivity contribution in [2.24, 2.45) is 0 Å². The molecule has 2 heterocycles. The first-order valence-corrected chi connectivity index (χ1v) is 12.8. The van der Waals surface area contributed by atoms with Gasteiger partial charge in [0.25, 0.3) is 0 Å². The molecule has 2 aromatic rings. The van der Waals surface area contributed by atoms with Crippen LogP contribution >= 0.6 is 0 Å². The molecule has 0 radical (unpaired) electrons. The zero-order valence-electron chi connectivity index (χ0n) is 18.5. The lowest BCUT2D eigenvalue weighted by atomic mass is 9.96. The Morgan fingerprint density at radius 3 is 2.59 bits per heavy atom. The van der Waals surface area contributed by atoms with E-state index in [0.717, 1.165) is 74.9 Å². The molecule has 1 saturated heterocycles. The van der Waals surface area contributed by atoms with Crippen molar-refractivity contribution in [1.29, 1.82) is 0 Å². The van der Waals surface area contributed by atoms with E-state index >= 15 is 0 Å². The number of sulfonamides is 1. The zero-order chi connectivity index (χ0) is 22.6. The fourth-order valence-corrected chi connectivity index (χ4v) is 4.97. The van der Waals surface area contributed by atoms with Gasteiger partial charge in [-0.1, -0.05) is 18.2 Å². The van der Waals surface area contributed by atoms with Crippen molar-refractivity contribution in [2.75, 3.05) is 55.7 Å². The van der Waals surface area contributed by atoms with Crippen molar-refractivity contribution < 1.29 is 12.8 Å². The van der Waals surface area contributed by atoms with Crippen molar-refractivity contribution in [3.8, 4) is 0 Å². The van der Waals surface area contributed by atoms with Gasteiger partial charge in [0, 0.05) is 50.4 Å². The summed E-state index contributed by atoms with van der Waals surface area (Å²) in [6.45, 7) is 3.85. The summed E-state index contributed by atoms with van der Waals surface area (Å²) in [6, 6.07) is 6.16. The number of halogens is 1. The zero-order valence-corrected chi connectivity index (χ0v) is 19.3. The number of likely N-dealkylation sites (N-methyl/N-ethyl adjacent to an activating group) is 1. The van der Waals surface area contributed by atoms with Crippen LogP contribution in [0.1, 0.15) is 29.7 Å². The van der Waals surface area contributed by atoms with Gasteiger partial charge in [0.1, 0.15) is 11.6 Å². The van der Waals surface area contributed by atoms with Crippen LogP contribution < -0.4 is 14.9 Å². The summed E-state index contributed by atoms with van der Waals surface area (Å²) in [5.41, 5.74) is 2.50. The SMILES string of the molecule is CN1CCN(c2nc3c(c(NCCS(=O)(=O)NCc4ccccc4F)n2)CCCC3)CC1. The third kappa shape index (κ3) is 5.73. The Labute approximate surface area is 189 Å². The number of benzene rings is 1. The highest BCUT2D eigenvalue weighted by molar-refractivity contribution is 7.89. The van der Waals surface area contributed by atoms with Gasteiger partial charge >= 0.3 is 0 Å². The summed E-state index contributed by atoms with van der Waals surface area (Å²) in [7, 11) is -1.45. The summed E-state index contributed by atoms with van der Waals surface area (Å²) in [5.74, 6) is 0.927. The van der Waals surface area contributed by atoms with E-state index in [1.54, 1.807) is 18.2 Å². The van der Waals surface area contributed by atoms with E-state index in [2.05, 4.69) is 26.9 Å². The number of piperazine rings is 1. The van der Waals surface area contributed by atoms with Gasteiger partial charge in [-0.2, -0.15) is 4.98 Å². The van der Waals surface area contributed by atoms with Gasteiger partial charge in [-0.25, -0.2) is 22.5 Å². The Kier molecular flexibility index (Phi) is 7.22. The topological polar surface area (TPSA) is 90.5 Å². The van der Waals surface area contributed by atoms with E-state index < -0.39 is 15.8 Å². The number of fused-ring (bicyclic) bond motifs is 1. The lowest BCUT2D eigenvalue weighted by Crippen LogP contribution is -2.45. The molecule has 1 aliphatic heterocycles. The maximum atomic E-state index is 13.7. The van der Waals surface area contributed by atoms with Gasteiger partial charge in [0.05, 0.1) is 11.4 Å². The van der Waals surface area contributed by atoms with E-state index in [0.29, 0.717) is 5.56 Å². The van der Waals surface area contributed by atoms with Crippen LogP contribution in [0.25, 0.3) is 0 Å². The number of aryl methyl sites for hydroxylation is 1. The molecule has 1 fully saturated rings. The number of hydrogen-bond donors (Lipinski definition) is 2. The van der Waals surface area contributed by atoms with Gasteiger partial charge in [0.2, 0.25) is 16.0 Å². The average Bonchev–Trinajstić information content (AvgIpc) is 2.79. The monoisotopic (exact) mass is 462 g/mol. The molecular formula is C22H31FN6O2S. The van der Waals surface area contributed by atoms with Crippen LogP contribution in [0.3, 0.4) is 0 Å². The Bertz CT molecular complexity index is 1040. The molecule has 2 aliphatic rings. The van der Waals surface area contributed by atoms with E-state index in [-0.39, 0.29) is 18.8 Å². The molecule has 1 aromatic carbocycles. The molecular weight excluding hydrogens is 431 g/mol. The van der Waals surface area contributed by atoms with Gasteiger partial charge in [0.15, 0.2) is 0 Å². The molecule has 8 nitrogen and oxygen atoms in total. The molecule has 0 bridgehead atoms. The second-order valence-electron chi connectivity index (χ2n) is 8.45. The highest BCUT2D eigenvalue weighted by Crippen LogP contribution is 2.28. The minimum Gasteiger partial charge on any atom is -0.369 e. The number of aromatic nitrogens is 2. The lowest BCUT2D eigenvalue weighted by Gasteiger charge is -2.33. The smallest absolute Gasteiger partial charge is 0.227 e. The summed E-state index contributed by atoms with van der Waals surface area (Å²) >= 11 is 0. The van der Waals surface area contributed by atoms with E-state index in [1.165, 1.54) is 6.07 Å². The first-order chi connectivity index (χ1) is 15.4. The largest absolute Gasteiger partial charge is 0.369 e. The van der Waals surface area contributed by atoms with Crippen LogP contribution in [0, 0.1) is 5.82 Å². The summed E-state index contributed by atoms with van der Waals surface area (Å²) in [6.07, 6.45) is 4.02. The van der Waals surface area contributed by atoms with Crippen molar-refractivity contribution >= 4 is 21.8 Å². The molecule has 10 heteroatoms. The molecule has 1 aromatic heterocycles. The Morgan fingerprint density at radius 1 is 1.06 bits per heavy atom. The molecule has 2 N–H and O–H groups in total. The van der Waals surface area contributed by atoms with Crippen LogP contribution in [-0.4, -0.2) is 68.8 Å². The number of hydrogen-bond acceptors (Lipinski definition) is 7. The molecule has 0 spiro atoms. The molecule has 174 valence electrons. The quantitative estimate of drug-likeness (QED) is 0.618. The van der Waals surface area contributed by atoms with Gasteiger partial charge in [-0.05, 0) is 38.8 Å². The molecule has 0 atom stereocenters. The maximum Gasteiger partial charge on any atom is 0.227 e. The van der Waals surface area contributed by atoms with E-state index in [9.17, 15) is 12.8 Å². The molecule has 1 aliphatic carbocycles. The van der Waals surface area contributed by atoms with Gasteiger partial charge in [-0.3, -0.25) is 0 Å². The minimum absolute atomic E-state index is 0.0640. The number of rotatable bonds is 8. The van der Waals surface area contributed by atoms with E-state index in [4.69, 9.17) is 9.97 Å². The fourth-order valence-electron chi connectivity index (χ4n) is 4.08. The molecule has 32 heavy (non-hydrogen) atoms. The van der Waals surface area contributed by atoms with Gasteiger partial charge in [-0.15, -0.1) is 0 Å². The molecule has 0 saturated carbocycles. The van der Waals surface area contributed by atoms with Crippen LogP contribution in [-0.2, 0) is 29.4 Å². The van der Waals surface area contributed by atoms with Crippen molar-refractivity contribution in [3.63, 3.8) is 0 Å². The predicted molar refractivity (Wildman–Crippen MR) is 124 cm³/mol. The number of nitrogens with zero attached hydrogens (tertiary/aromatic N) is 4. The summed E-state index contributed by atoms with van der Waals surface area (Å²) in [4.78, 5) is 14.1. The van der Waals surface area contributed by atoms with Crippen LogP contribution in [0.4, 0.5) is 16.2 Å². The van der Waals surface area contributed by atoms with E-state index in [1.807, 2.05) is 0 Å². The molecule has 4 rings (SSSR count). The molecule has 0 amide bonds. The van der Waals surface area contributed by atoms with Crippen molar-refractivity contribution in [1.82, 2.24) is 19.6 Å². The minimum atomic E-state index is -3.56. The second kappa shape index (κ2) is 10.1. The standard InChI is InChI=1S/C22H31FN6O2S/c1-28-11-13-29(14-12-28)22-26-20-9-5-3-7-18(20)21(27-22)24-10-15-32(30,31)25-16-17-6-2-4-8-19(17)23/h2,4,6,8,25H,3,5,7,9-16H2,1H3,(H,24,26,27). The third-order valence-electron chi connectivity index (χ3n) is 6.06. The maximum absolute atomic E-state index is 13.7. The Balaban J connectivity index is 1.40. The fraction of sp³-hybridized carbons (Fsp3) is 0.545. The Morgan fingerprint density at radius 2 is 1.81 bits per heavy atom. The Hall–Kier alpha value is -2.30. The highest BCUT2D eigenvalue weighted by Gasteiger charge is 2.23. The first-order valence-electron chi connectivity index (χ1n) is 11.2. The lowest BCUT2D eigenvalue weighted by molar-refractivity contribution is 0.311. The highest BCUT2D eigenvalue weighted by atomic mass is 32.2. The average molecular weight is 463 g/mol. The van der Waals surface area contributed by atoms with Crippen molar-refractivity contribution in [2.45, 2.75) is 32.2 Å². The third-order valence-corrected chi connectivity index (χ3v) is 7.39. The van der Waals surface area contributed by atoms with Crippen LogP contribution in [0.5, 0.6) is 0 Å². The predicted octanol–water partition coefficient (Wildman–Crippen LogP) is 1.78. The summed E-state index contributed by atoms with van der Waals surface area (Å²) in [5, 5.41) is 3.25. The normalized spacial score (nSPS) is 17.2. The number of anilines is 2.